The van der Waals surface area contributed by atoms with Crippen LogP contribution < -0.4 is 9.47 Å². The molecule has 2 aliphatic heterocycles. The Morgan fingerprint density at radius 3 is 2.39 bits per heavy atom. The summed E-state index contributed by atoms with van der Waals surface area (Å²) in [5, 5.41) is 69.0. The van der Waals surface area contributed by atoms with Gasteiger partial charge < -0.3 is 54.7 Å². The number of ketones is 1. The summed E-state index contributed by atoms with van der Waals surface area (Å²) < 4.78 is 20.2. The summed E-state index contributed by atoms with van der Waals surface area (Å²) in [6.07, 6.45) is -12.1. The third kappa shape index (κ3) is 3.24. The van der Waals surface area contributed by atoms with Crippen molar-refractivity contribution in [2.75, 3.05) is 13.7 Å². The van der Waals surface area contributed by atoms with Gasteiger partial charge in [-0.05, 0) is 0 Å². The fourth-order valence-corrected chi connectivity index (χ4v) is 3.03. The van der Waals surface area contributed by atoms with Crippen molar-refractivity contribution in [1.29, 1.82) is 0 Å². The van der Waals surface area contributed by atoms with Gasteiger partial charge in [0.05, 0.1) is 13.7 Å². The first-order valence-corrected chi connectivity index (χ1v) is 8.19. The highest BCUT2D eigenvalue weighted by molar-refractivity contribution is 6.06. The van der Waals surface area contributed by atoms with E-state index >= 15 is 0 Å². The van der Waals surface area contributed by atoms with E-state index in [1.165, 1.54) is 7.11 Å². The molecule has 0 aromatic heterocycles. The molecular formula is C16H20O12. The van der Waals surface area contributed by atoms with E-state index in [1.54, 1.807) is 0 Å². The van der Waals surface area contributed by atoms with Gasteiger partial charge in [-0.1, -0.05) is 0 Å². The van der Waals surface area contributed by atoms with Crippen molar-refractivity contribution in [3.8, 4) is 23.0 Å². The van der Waals surface area contributed by atoms with E-state index in [1.807, 2.05) is 0 Å². The Hall–Kier alpha value is -2.19. The molecule has 12 heteroatoms. The van der Waals surface area contributed by atoms with Gasteiger partial charge in [-0.3, -0.25) is 4.79 Å². The summed E-state index contributed by atoms with van der Waals surface area (Å²) in [4.78, 5) is 12.7. The number of rotatable bonds is 4. The quantitative estimate of drug-likeness (QED) is 0.255. The number of hydrogen-bond acceptors (Lipinski definition) is 12. The summed E-state index contributed by atoms with van der Waals surface area (Å²) >= 11 is 0. The minimum absolute atomic E-state index is 0.204. The number of Topliss-reactive ketones (excluding diaryl/α,β-unsaturated/α-hetero) is 1. The van der Waals surface area contributed by atoms with Gasteiger partial charge in [0.2, 0.25) is 17.8 Å². The van der Waals surface area contributed by atoms with Crippen molar-refractivity contribution in [1.82, 2.24) is 0 Å². The van der Waals surface area contributed by atoms with E-state index in [0.29, 0.717) is 0 Å². The van der Waals surface area contributed by atoms with Crippen LogP contribution in [0.5, 0.6) is 23.0 Å². The molecule has 3 rings (SSSR count). The van der Waals surface area contributed by atoms with Gasteiger partial charge in [0, 0.05) is 6.07 Å². The predicted octanol–water partition coefficient (Wildman–Crippen LogP) is -2.81. The molecule has 1 aromatic rings. The highest BCUT2D eigenvalue weighted by Crippen LogP contribution is 2.47. The van der Waals surface area contributed by atoms with Crippen LogP contribution in [0.15, 0.2) is 6.07 Å². The van der Waals surface area contributed by atoms with Crippen molar-refractivity contribution in [3.05, 3.63) is 11.6 Å². The van der Waals surface area contributed by atoms with E-state index in [-0.39, 0.29) is 5.75 Å². The van der Waals surface area contributed by atoms with E-state index in [4.69, 9.17) is 18.9 Å². The van der Waals surface area contributed by atoms with Crippen LogP contribution in [0.3, 0.4) is 0 Å². The number of aromatic hydroxyl groups is 2. The maximum absolute atomic E-state index is 12.7. The average Bonchev–Trinajstić information content (AvgIpc) is 2.67. The lowest BCUT2D eigenvalue weighted by atomic mass is 9.97. The molecule has 1 aromatic carbocycles. The molecule has 0 spiro atoms. The van der Waals surface area contributed by atoms with E-state index in [2.05, 4.69) is 0 Å². The Bertz CT molecular complexity index is 750. The molecular weight excluding hydrogens is 384 g/mol. The topological polar surface area (TPSA) is 196 Å². The molecule has 7 N–H and O–H groups in total. The van der Waals surface area contributed by atoms with Crippen LogP contribution in [0.1, 0.15) is 10.4 Å². The van der Waals surface area contributed by atoms with Crippen molar-refractivity contribution in [3.63, 3.8) is 0 Å². The first kappa shape index (κ1) is 20.5. The van der Waals surface area contributed by atoms with E-state index in [9.17, 15) is 40.5 Å². The van der Waals surface area contributed by atoms with Crippen molar-refractivity contribution >= 4 is 5.78 Å². The van der Waals surface area contributed by atoms with Gasteiger partial charge in [0.1, 0.15) is 35.7 Å². The highest BCUT2D eigenvalue weighted by atomic mass is 16.7. The minimum atomic E-state index is -1.98. The Morgan fingerprint density at radius 2 is 1.79 bits per heavy atom. The molecule has 0 bridgehead atoms. The number of benzene rings is 1. The number of phenolic OH excluding ortho intramolecular Hbond substituents is 2. The molecule has 12 nitrogen and oxygen atoms in total. The minimum Gasteiger partial charge on any atom is -0.507 e. The number of carbonyl (C=O) groups is 1. The lowest BCUT2D eigenvalue weighted by Crippen LogP contribution is -2.61. The zero-order chi connectivity index (χ0) is 20.7. The lowest BCUT2D eigenvalue weighted by molar-refractivity contribution is -0.318. The molecule has 2 heterocycles. The fourth-order valence-electron chi connectivity index (χ4n) is 3.03. The van der Waals surface area contributed by atoms with Gasteiger partial charge in [0.25, 0.3) is 0 Å². The third-order valence-corrected chi connectivity index (χ3v) is 4.55. The Kier molecular flexibility index (Phi) is 5.63. The van der Waals surface area contributed by atoms with Gasteiger partial charge >= 0.3 is 0 Å². The number of ether oxygens (including phenoxy) is 4. The predicted molar refractivity (Wildman–Crippen MR) is 85.9 cm³/mol. The summed E-state index contributed by atoms with van der Waals surface area (Å²) in [7, 11) is 1.20. The number of aliphatic hydroxyl groups excluding tert-OH is 5. The molecule has 0 radical (unpaired) electrons. The zero-order valence-electron chi connectivity index (χ0n) is 14.5. The standard InChI is InChI=1S/C16H20O12/c1-25-5-2-4(18)7-10(21)14(15(24)27-13(7)9(5)20)28-16-12(23)11(22)8(19)6(3-17)26-16/h2,6,8,11-12,14-20,22-24H,3H2,1H3/t6-,8-,11+,12-,14+,15-,16+/m1/s1. The highest BCUT2D eigenvalue weighted by Gasteiger charge is 2.49. The Morgan fingerprint density at radius 1 is 1.11 bits per heavy atom. The van der Waals surface area contributed by atoms with E-state index < -0.39 is 78.3 Å². The Labute approximate surface area is 157 Å². The van der Waals surface area contributed by atoms with Gasteiger partial charge in [-0.15, -0.1) is 0 Å². The lowest BCUT2D eigenvalue weighted by Gasteiger charge is -2.41. The summed E-state index contributed by atoms with van der Waals surface area (Å²) in [6.45, 7) is -0.722. The number of phenols is 2. The van der Waals surface area contributed by atoms with E-state index in [0.717, 1.165) is 6.07 Å². The van der Waals surface area contributed by atoms with Crippen LogP contribution >= 0.6 is 0 Å². The van der Waals surface area contributed by atoms with Gasteiger partial charge in [0.15, 0.2) is 23.9 Å². The monoisotopic (exact) mass is 404 g/mol. The first-order chi connectivity index (χ1) is 13.2. The Balaban J connectivity index is 1.89. The maximum atomic E-state index is 12.7. The fraction of sp³-hybridized carbons (Fsp3) is 0.562. The van der Waals surface area contributed by atoms with Gasteiger partial charge in [-0.2, -0.15) is 0 Å². The number of carbonyl (C=O) groups excluding carboxylic acids is 1. The van der Waals surface area contributed by atoms with Crippen LogP contribution in [-0.2, 0) is 9.47 Å². The number of fused-ring (bicyclic) bond motifs is 1. The van der Waals surface area contributed by atoms with Crippen LogP contribution in [0.25, 0.3) is 0 Å². The molecule has 1 saturated heterocycles. The molecule has 1 fully saturated rings. The second-order valence-corrected chi connectivity index (χ2v) is 6.28. The zero-order valence-corrected chi connectivity index (χ0v) is 14.5. The molecule has 0 amide bonds. The van der Waals surface area contributed by atoms with Crippen LogP contribution in [-0.4, -0.2) is 98.3 Å². The summed E-state index contributed by atoms with van der Waals surface area (Å²) in [6, 6.07) is 0.956. The van der Waals surface area contributed by atoms with Gasteiger partial charge in [-0.25, -0.2) is 0 Å². The molecule has 0 aliphatic carbocycles. The molecule has 0 unspecified atom stereocenters. The molecule has 7 atom stereocenters. The second-order valence-electron chi connectivity index (χ2n) is 6.28. The normalized spacial score (nSPS) is 35.2. The third-order valence-electron chi connectivity index (χ3n) is 4.55. The van der Waals surface area contributed by atoms with Crippen LogP contribution in [0.4, 0.5) is 0 Å². The molecule has 0 saturated carbocycles. The maximum Gasteiger partial charge on any atom is 0.231 e. The van der Waals surface area contributed by atoms with Crippen molar-refractivity contribution in [2.45, 2.75) is 43.1 Å². The number of methoxy groups -OCH3 is 1. The largest absolute Gasteiger partial charge is 0.507 e. The average molecular weight is 404 g/mol. The molecule has 28 heavy (non-hydrogen) atoms. The van der Waals surface area contributed by atoms with Crippen LogP contribution in [0.2, 0.25) is 0 Å². The van der Waals surface area contributed by atoms with Crippen molar-refractivity contribution < 1.29 is 59.5 Å². The molecule has 2 aliphatic rings. The first-order valence-electron chi connectivity index (χ1n) is 8.19. The summed E-state index contributed by atoms with van der Waals surface area (Å²) in [5.74, 6) is -2.99. The van der Waals surface area contributed by atoms with Crippen LogP contribution in [0, 0.1) is 0 Å². The SMILES string of the molecule is COc1cc(O)c2c(c1O)O[C@@H](O)[C@@H](O[C@@H]1O[C@H](CO)[C@@H](O)[C@H](O)[C@H]1O)C2=O. The molecule has 156 valence electrons. The summed E-state index contributed by atoms with van der Waals surface area (Å²) in [5.41, 5.74) is -0.502. The number of hydrogen-bond donors (Lipinski definition) is 7. The second kappa shape index (κ2) is 7.67. The smallest absolute Gasteiger partial charge is 0.231 e. The number of aliphatic hydroxyl groups is 5. The van der Waals surface area contributed by atoms with Crippen molar-refractivity contribution in [2.24, 2.45) is 0 Å².